The molecule has 9 nitrogen and oxygen atoms in total. The van der Waals surface area contributed by atoms with Gasteiger partial charge in [0.25, 0.3) is 0 Å². The van der Waals surface area contributed by atoms with Gasteiger partial charge in [-0.3, -0.25) is 9.97 Å². The minimum absolute atomic E-state index is 0.245. The smallest absolute Gasteiger partial charge is 0.245 e. The maximum atomic E-state index is 13.3. The minimum atomic E-state index is -3.64. The largest absolute Gasteiger partial charge is 0.352 e. The quantitative estimate of drug-likeness (QED) is 0.498. The van der Waals surface area contributed by atoms with Gasteiger partial charge in [0, 0.05) is 44.0 Å². The molecule has 0 atom stereocenters. The number of anilines is 3. The Labute approximate surface area is 185 Å². The summed E-state index contributed by atoms with van der Waals surface area (Å²) < 4.78 is 28.1. The Morgan fingerprint density at radius 2 is 1.66 bits per heavy atom. The van der Waals surface area contributed by atoms with Crippen molar-refractivity contribution in [1.29, 1.82) is 0 Å². The van der Waals surface area contributed by atoms with E-state index in [1.807, 2.05) is 41.3 Å². The van der Waals surface area contributed by atoms with Crippen LogP contribution in [0.1, 0.15) is 0 Å². The van der Waals surface area contributed by atoms with E-state index < -0.39 is 10.0 Å². The predicted octanol–water partition coefficient (Wildman–Crippen LogP) is 2.67. The summed E-state index contributed by atoms with van der Waals surface area (Å²) in [6, 6.07) is 16.4. The van der Waals surface area contributed by atoms with Crippen molar-refractivity contribution in [2.45, 2.75) is 4.90 Å². The molecule has 1 fully saturated rings. The van der Waals surface area contributed by atoms with E-state index in [-0.39, 0.29) is 4.90 Å². The summed E-state index contributed by atoms with van der Waals surface area (Å²) in [5.41, 5.74) is 1.33. The summed E-state index contributed by atoms with van der Waals surface area (Å²) >= 11 is 0. The fraction of sp³-hybridized carbons (Fsp3) is 0.182. The van der Waals surface area contributed by atoms with Crippen molar-refractivity contribution >= 4 is 38.2 Å². The number of para-hydroxylation sites is 1. The first-order valence-corrected chi connectivity index (χ1v) is 11.6. The highest BCUT2D eigenvalue weighted by molar-refractivity contribution is 7.89. The van der Waals surface area contributed by atoms with Crippen molar-refractivity contribution in [3.63, 3.8) is 0 Å². The van der Waals surface area contributed by atoms with Gasteiger partial charge < -0.3 is 10.2 Å². The number of rotatable bonds is 5. The van der Waals surface area contributed by atoms with Crippen LogP contribution in [0.2, 0.25) is 0 Å². The van der Waals surface area contributed by atoms with E-state index in [9.17, 15) is 8.42 Å². The maximum absolute atomic E-state index is 13.3. The molecule has 0 amide bonds. The van der Waals surface area contributed by atoms with Gasteiger partial charge in [0.2, 0.25) is 10.0 Å². The van der Waals surface area contributed by atoms with Crippen molar-refractivity contribution in [2.24, 2.45) is 0 Å². The zero-order valence-electron chi connectivity index (χ0n) is 17.2. The van der Waals surface area contributed by atoms with Crippen LogP contribution in [0.4, 0.5) is 17.3 Å². The van der Waals surface area contributed by atoms with Crippen LogP contribution in [0.5, 0.6) is 0 Å². The Hall–Kier alpha value is -3.63. The number of hydrogen-bond donors (Lipinski definition) is 1. The van der Waals surface area contributed by atoms with Gasteiger partial charge in [0.15, 0.2) is 11.6 Å². The Morgan fingerprint density at radius 3 is 2.41 bits per heavy atom. The number of benzene rings is 1. The molecule has 0 saturated carbocycles. The minimum Gasteiger partial charge on any atom is -0.352 e. The molecule has 10 heteroatoms. The van der Waals surface area contributed by atoms with Gasteiger partial charge in [0.05, 0.1) is 17.4 Å². The Morgan fingerprint density at radius 1 is 0.844 bits per heavy atom. The lowest BCUT2D eigenvalue weighted by atomic mass is 10.2. The molecule has 1 aliphatic heterocycles. The van der Waals surface area contributed by atoms with Crippen LogP contribution in [0.3, 0.4) is 0 Å². The second-order valence-corrected chi connectivity index (χ2v) is 9.27. The molecule has 162 valence electrons. The molecule has 5 rings (SSSR count). The van der Waals surface area contributed by atoms with Gasteiger partial charge in [-0.25, -0.2) is 8.42 Å². The Balaban J connectivity index is 1.27. The van der Waals surface area contributed by atoms with Crippen LogP contribution in [0.25, 0.3) is 10.9 Å². The highest BCUT2D eigenvalue weighted by Gasteiger charge is 2.30. The number of hydrogen-bond acceptors (Lipinski definition) is 8. The molecule has 32 heavy (non-hydrogen) atoms. The highest BCUT2D eigenvalue weighted by Crippen LogP contribution is 2.25. The van der Waals surface area contributed by atoms with E-state index in [1.165, 1.54) is 4.31 Å². The number of piperazine rings is 1. The molecular formula is C22H21N7O2S. The fourth-order valence-corrected chi connectivity index (χ4v) is 5.31. The van der Waals surface area contributed by atoms with E-state index in [2.05, 4.69) is 25.5 Å². The SMILES string of the molecule is O=S(=O)(c1cccc2cccnc12)N1CCN(c2ccc(Nc3cccnc3)nn2)CC1. The van der Waals surface area contributed by atoms with Crippen LogP contribution < -0.4 is 10.2 Å². The van der Waals surface area contributed by atoms with Crippen LogP contribution in [-0.2, 0) is 10.0 Å². The normalized spacial score (nSPS) is 15.1. The molecule has 0 unspecified atom stereocenters. The summed E-state index contributed by atoms with van der Waals surface area (Å²) in [5.74, 6) is 1.33. The van der Waals surface area contributed by atoms with Crippen LogP contribution in [0.15, 0.2) is 78.1 Å². The maximum Gasteiger partial charge on any atom is 0.245 e. The first-order chi connectivity index (χ1) is 15.6. The van der Waals surface area contributed by atoms with Gasteiger partial charge in [-0.15, -0.1) is 10.2 Å². The summed E-state index contributed by atoms with van der Waals surface area (Å²) in [4.78, 5) is 10.6. The first-order valence-electron chi connectivity index (χ1n) is 10.2. The van der Waals surface area contributed by atoms with Crippen LogP contribution in [0, 0.1) is 0 Å². The number of aromatic nitrogens is 4. The molecule has 4 aromatic rings. The van der Waals surface area contributed by atoms with E-state index >= 15 is 0 Å². The molecule has 4 heterocycles. The lowest BCUT2D eigenvalue weighted by molar-refractivity contribution is 0.384. The molecular weight excluding hydrogens is 426 g/mol. The third-order valence-corrected chi connectivity index (χ3v) is 7.29. The average molecular weight is 448 g/mol. The molecule has 0 spiro atoms. The van der Waals surface area contributed by atoms with Crippen LogP contribution in [-0.4, -0.2) is 59.1 Å². The number of pyridine rings is 2. The molecule has 3 aromatic heterocycles. The first kappa shape index (κ1) is 20.3. The molecule has 1 N–H and O–H groups in total. The van der Waals surface area contributed by atoms with E-state index in [4.69, 9.17) is 0 Å². The van der Waals surface area contributed by atoms with E-state index in [1.54, 1.807) is 36.8 Å². The number of sulfonamides is 1. The molecule has 0 radical (unpaired) electrons. The highest BCUT2D eigenvalue weighted by atomic mass is 32.2. The Kier molecular flexibility index (Phi) is 5.38. The Bertz CT molecular complexity index is 1320. The lowest BCUT2D eigenvalue weighted by Crippen LogP contribution is -2.49. The molecule has 1 saturated heterocycles. The third kappa shape index (κ3) is 3.97. The summed E-state index contributed by atoms with van der Waals surface area (Å²) in [6.45, 7) is 1.79. The standard InChI is InChI=1S/C22H21N7O2S/c30-32(31,19-7-1-4-17-5-2-11-24-22(17)19)29-14-12-28(13-15-29)21-9-8-20(26-27-21)25-18-6-3-10-23-16-18/h1-11,16H,12-15H2,(H,25,26). The van der Waals surface area contributed by atoms with E-state index in [0.717, 1.165) is 11.1 Å². The van der Waals surface area contributed by atoms with Crippen molar-refractivity contribution in [2.75, 3.05) is 36.4 Å². The fourth-order valence-electron chi connectivity index (χ4n) is 3.73. The summed E-state index contributed by atoms with van der Waals surface area (Å²) in [5, 5.41) is 12.5. The number of nitrogens with one attached hydrogen (secondary N) is 1. The summed E-state index contributed by atoms with van der Waals surface area (Å²) in [6.07, 6.45) is 5.03. The second-order valence-electron chi connectivity index (χ2n) is 7.37. The van der Waals surface area contributed by atoms with Crippen LogP contribution >= 0.6 is 0 Å². The van der Waals surface area contributed by atoms with Crippen molar-refractivity contribution in [3.8, 4) is 0 Å². The zero-order valence-corrected chi connectivity index (χ0v) is 18.0. The monoisotopic (exact) mass is 447 g/mol. The number of nitrogens with zero attached hydrogens (tertiary/aromatic N) is 6. The van der Waals surface area contributed by atoms with Gasteiger partial charge in [-0.2, -0.15) is 4.31 Å². The second kappa shape index (κ2) is 8.48. The average Bonchev–Trinajstić information content (AvgIpc) is 2.85. The molecule has 1 aromatic carbocycles. The zero-order chi connectivity index (χ0) is 22.0. The third-order valence-electron chi connectivity index (χ3n) is 5.36. The number of fused-ring (bicyclic) bond motifs is 1. The topological polar surface area (TPSA) is 104 Å². The molecule has 0 aliphatic carbocycles. The van der Waals surface area contributed by atoms with Gasteiger partial charge in [-0.1, -0.05) is 18.2 Å². The molecule has 0 bridgehead atoms. The van der Waals surface area contributed by atoms with Gasteiger partial charge in [-0.05, 0) is 36.4 Å². The van der Waals surface area contributed by atoms with Crippen molar-refractivity contribution in [3.05, 3.63) is 73.2 Å². The van der Waals surface area contributed by atoms with Crippen molar-refractivity contribution in [1.82, 2.24) is 24.5 Å². The molecule has 1 aliphatic rings. The predicted molar refractivity (Wildman–Crippen MR) is 122 cm³/mol. The van der Waals surface area contributed by atoms with E-state index in [0.29, 0.717) is 43.3 Å². The van der Waals surface area contributed by atoms with Gasteiger partial charge in [0.1, 0.15) is 4.90 Å². The van der Waals surface area contributed by atoms with Crippen molar-refractivity contribution < 1.29 is 8.42 Å². The summed E-state index contributed by atoms with van der Waals surface area (Å²) in [7, 11) is -3.64. The lowest BCUT2D eigenvalue weighted by Gasteiger charge is -2.34. The van der Waals surface area contributed by atoms with Gasteiger partial charge >= 0.3 is 0 Å².